The zero-order valence-electron chi connectivity index (χ0n) is 9.85. The number of hydrogen-bond acceptors (Lipinski definition) is 3. The molecule has 0 saturated carbocycles. The van der Waals surface area contributed by atoms with Gasteiger partial charge in [-0.25, -0.2) is 4.79 Å². The summed E-state index contributed by atoms with van der Waals surface area (Å²) in [5.74, 6) is -0.0428. The average Bonchev–Trinajstić information content (AvgIpc) is 2.35. The van der Waals surface area contributed by atoms with Crippen molar-refractivity contribution in [2.24, 2.45) is 10.9 Å². The van der Waals surface area contributed by atoms with Crippen LogP contribution in [0, 0.1) is 0 Å². The van der Waals surface area contributed by atoms with Crippen molar-refractivity contribution in [2.45, 2.75) is 19.4 Å². The minimum Gasteiger partial charge on any atom is -0.409 e. The Morgan fingerprint density at radius 3 is 2.89 bits per heavy atom. The summed E-state index contributed by atoms with van der Waals surface area (Å²) in [4.78, 5) is 11.7. The van der Waals surface area contributed by atoms with Gasteiger partial charge in [-0.1, -0.05) is 29.7 Å². The highest BCUT2D eigenvalue weighted by molar-refractivity contribution is 6.30. The van der Waals surface area contributed by atoms with Crippen LogP contribution in [-0.4, -0.2) is 23.1 Å². The van der Waals surface area contributed by atoms with Crippen molar-refractivity contribution in [1.82, 2.24) is 5.32 Å². The van der Waals surface area contributed by atoms with Crippen LogP contribution in [0.5, 0.6) is 0 Å². The molecule has 0 aliphatic carbocycles. The topological polar surface area (TPSA) is 99.7 Å². The number of carbonyl (C=O) groups is 1. The van der Waals surface area contributed by atoms with E-state index in [1.165, 1.54) is 0 Å². The summed E-state index contributed by atoms with van der Waals surface area (Å²) in [6.45, 7) is 1.81. The van der Waals surface area contributed by atoms with Crippen LogP contribution in [0.3, 0.4) is 0 Å². The van der Waals surface area contributed by atoms with Gasteiger partial charge < -0.3 is 21.6 Å². The fraction of sp³-hybridized carbons (Fsp3) is 0.273. The molecule has 0 fully saturated rings. The molecule has 0 bridgehead atoms. The fourth-order valence-corrected chi connectivity index (χ4v) is 1.54. The summed E-state index contributed by atoms with van der Waals surface area (Å²) >= 11 is 5.79. The molecule has 7 heteroatoms. The molecule has 1 atom stereocenters. The second-order valence-electron chi connectivity index (χ2n) is 3.59. The lowest BCUT2D eigenvalue weighted by Crippen LogP contribution is -2.45. The van der Waals surface area contributed by atoms with Crippen molar-refractivity contribution < 1.29 is 10.0 Å². The van der Waals surface area contributed by atoms with Crippen molar-refractivity contribution in [3.05, 3.63) is 29.3 Å². The lowest BCUT2D eigenvalue weighted by molar-refractivity contribution is 0.250. The standard InChI is InChI=1S/C11H15ClN4O2/c1-2-9(10(13)16-18)15-11(17)14-8-5-3-4-7(12)6-8/h3-6,9,18H,2H2,1H3,(H2,13,16)(H2,14,15,17). The molecule has 1 aromatic rings. The largest absolute Gasteiger partial charge is 0.409 e. The summed E-state index contributed by atoms with van der Waals surface area (Å²) in [5.41, 5.74) is 5.99. The van der Waals surface area contributed by atoms with E-state index >= 15 is 0 Å². The molecule has 0 aliphatic rings. The van der Waals surface area contributed by atoms with Gasteiger partial charge in [0.05, 0.1) is 6.04 Å². The number of urea groups is 1. The van der Waals surface area contributed by atoms with E-state index in [4.69, 9.17) is 22.5 Å². The van der Waals surface area contributed by atoms with Crippen molar-refractivity contribution in [1.29, 1.82) is 0 Å². The summed E-state index contributed by atoms with van der Waals surface area (Å²) < 4.78 is 0. The van der Waals surface area contributed by atoms with Gasteiger partial charge in [-0.3, -0.25) is 0 Å². The molecular weight excluding hydrogens is 256 g/mol. The molecule has 1 unspecified atom stereocenters. The molecule has 0 aliphatic heterocycles. The number of nitrogens with one attached hydrogen (secondary N) is 2. The van der Waals surface area contributed by atoms with E-state index in [-0.39, 0.29) is 5.84 Å². The third-order valence-corrected chi connectivity index (χ3v) is 2.50. The van der Waals surface area contributed by atoms with Crippen LogP contribution in [-0.2, 0) is 0 Å². The fourth-order valence-electron chi connectivity index (χ4n) is 1.35. The van der Waals surface area contributed by atoms with Crippen molar-refractivity contribution in [2.75, 3.05) is 5.32 Å². The van der Waals surface area contributed by atoms with E-state index in [9.17, 15) is 4.79 Å². The summed E-state index contributed by atoms with van der Waals surface area (Å²) in [5, 5.41) is 17.1. The molecule has 6 nitrogen and oxygen atoms in total. The first-order valence-corrected chi connectivity index (χ1v) is 5.75. The molecule has 0 aromatic heterocycles. The number of oxime groups is 1. The Bertz CT molecular complexity index is 450. The number of carbonyl (C=O) groups excluding carboxylic acids is 1. The maximum atomic E-state index is 11.7. The average molecular weight is 271 g/mol. The quantitative estimate of drug-likeness (QED) is 0.291. The number of nitrogens with zero attached hydrogens (tertiary/aromatic N) is 1. The predicted octanol–water partition coefficient (Wildman–Crippen LogP) is 1.99. The number of amidine groups is 1. The number of amides is 2. The maximum absolute atomic E-state index is 11.7. The third kappa shape index (κ3) is 4.14. The van der Waals surface area contributed by atoms with Gasteiger partial charge in [0.1, 0.15) is 0 Å². The van der Waals surface area contributed by atoms with Crippen LogP contribution in [0.25, 0.3) is 0 Å². The van der Waals surface area contributed by atoms with Crippen LogP contribution in [0.4, 0.5) is 10.5 Å². The zero-order chi connectivity index (χ0) is 13.5. The Balaban J connectivity index is 2.61. The molecule has 5 N–H and O–H groups in total. The Morgan fingerprint density at radius 1 is 1.61 bits per heavy atom. The Labute approximate surface area is 110 Å². The first-order chi connectivity index (χ1) is 8.56. The number of rotatable bonds is 4. The number of nitrogens with two attached hydrogens (primary N) is 1. The van der Waals surface area contributed by atoms with Gasteiger partial charge >= 0.3 is 6.03 Å². The zero-order valence-corrected chi connectivity index (χ0v) is 10.6. The number of halogens is 1. The highest BCUT2D eigenvalue weighted by atomic mass is 35.5. The molecule has 0 heterocycles. The van der Waals surface area contributed by atoms with E-state index < -0.39 is 12.1 Å². The van der Waals surface area contributed by atoms with Crippen LogP contribution in [0.2, 0.25) is 5.02 Å². The Morgan fingerprint density at radius 2 is 2.33 bits per heavy atom. The normalized spacial score (nSPS) is 12.9. The SMILES string of the molecule is CCC(NC(=O)Nc1cccc(Cl)c1)/C(N)=N/O. The Hall–Kier alpha value is -1.95. The van der Waals surface area contributed by atoms with Crippen molar-refractivity contribution in [3.8, 4) is 0 Å². The van der Waals surface area contributed by atoms with E-state index in [2.05, 4.69) is 15.8 Å². The van der Waals surface area contributed by atoms with Crippen LogP contribution in [0.1, 0.15) is 13.3 Å². The van der Waals surface area contributed by atoms with Gasteiger partial charge in [0, 0.05) is 10.7 Å². The smallest absolute Gasteiger partial charge is 0.319 e. The van der Waals surface area contributed by atoms with Gasteiger partial charge in [0.25, 0.3) is 0 Å². The second kappa shape index (κ2) is 6.70. The van der Waals surface area contributed by atoms with E-state index in [1.807, 2.05) is 6.92 Å². The van der Waals surface area contributed by atoms with Gasteiger partial charge in [0.2, 0.25) is 0 Å². The highest BCUT2D eigenvalue weighted by Gasteiger charge is 2.14. The highest BCUT2D eigenvalue weighted by Crippen LogP contribution is 2.14. The monoisotopic (exact) mass is 270 g/mol. The lowest BCUT2D eigenvalue weighted by atomic mass is 10.2. The first-order valence-electron chi connectivity index (χ1n) is 5.37. The van der Waals surface area contributed by atoms with Gasteiger partial charge in [-0.15, -0.1) is 0 Å². The van der Waals surface area contributed by atoms with E-state index in [1.54, 1.807) is 24.3 Å². The van der Waals surface area contributed by atoms with Crippen LogP contribution < -0.4 is 16.4 Å². The van der Waals surface area contributed by atoms with Gasteiger partial charge in [-0.05, 0) is 24.6 Å². The lowest BCUT2D eigenvalue weighted by Gasteiger charge is -2.15. The van der Waals surface area contributed by atoms with Gasteiger partial charge in [0.15, 0.2) is 5.84 Å². The Kier molecular flexibility index (Phi) is 5.26. The summed E-state index contributed by atoms with van der Waals surface area (Å²) in [6.07, 6.45) is 0.513. The van der Waals surface area contributed by atoms with Crippen LogP contribution >= 0.6 is 11.6 Å². The molecule has 0 spiro atoms. The minimum atomic E-state index is -0.519. The van der Waals surface area contributed by atoms with Crippen LogP contribution in [0.15, 0.2) is 29.4 Å². The number of anilines is 1. The maximum Gasteiger partial charge on any atom is 0.319 e. The molecular formula is C11H15ClN4O2. The van der Waals surface area contributed by atoms with Crippen molar-refractivity contribution in [3.63, 3.8) is 0 Å². The van der Waals surface area contributed by atoms with Crippen molar-refractivity contribution >= 4 is 29.2 Å². The minimum absolute atomic E-state index is 0.0428. The second-order valence-corrected chi connectivity index (χ2v) is 4.03. The van der Waals surface area contributed by atoms with Gasteiger partial charge in [-0.2, -0.15) is 0 Å². The summed E-state index contributed by atoms with van der Waals surface area (Å²) in [7, 11) is 0. The molecule has 2 amide bonds. The van der Waals surface area contributed by atoms with E-state index in [0.717, 1.165) is 0 Å². The molecule has 1 aromatic carbocycles. The molecule has 0 saturated heterocycles. The third-order valence-electron chi connectivity index (χ3n) is 2.27. The summed E-state index contributed by atoms with van der Waals surface area (Å²) in [6, 6.07) is 5.78. The molecule has 1 rings (SSSR count). The number of hydrogen-bond donors (Lipinski definition) is 4. The molecule has 0 radical (unpaired) electrons. The number of benzene rings is 1. The molecule has 98 valence electrons. The van der Waals surface area contributed by atoms with E-state index in [0.29, 0.717) is 17.1 Å². The first kappa shape index (κ1) is 14.1. The predicted molar refractivity (Wildman–Crippen MR) is 71.1 cm³/mol. The molecule has 18 heavy (non-hydrogen) atoms.